The van der Waals surface area contributed by atoms with Gasteiger partial charge in [0.25, 0.3) is 0 Å². The number of aliphatic carboxylic acids is 6. The van der Waals surface area contributed by atoms with Crippen LogP contribution < -0.4 is 30.6 Å². The van der Waals surface area contributed by atoms with Crippen LogP contribution in [0.15, 0.2) is 0 Å². The SMILES string of the molecule is CC(C)(C)CCCCCC(=O)[O-].CC(C)(C)CCCCCC(=O)[O-].CC(C)(C)CCCCCC(=O)[O-].CC(C)(C)CCCCCC(=O)[O-].CC(C)(C)CCCCCC(=O)[O-].CC(C)(C)CCCCCC(=O)[O-].[Nd+3].[Nd+3]. The fourth-order valence-corrected chi connectivity index (χ4v) is 6.61. The molecule has 434 valence electrons. The third kappa shape index (κ3) is 124. The Balaban J connectivity index is -0.000000117. The molecule has 0 atom stereocenters. The van der Waals surface area contributed by atoms with Gasteiger partial charge in [-0.05, 0) is 148 Å². The summed E-state index contributed by atoms with van der Waals surface area (Å²) < 4.78 is 0. The van der Waals surface area contributed by atoms with Gasteiger partial charge in [0.15, 0.2) is 0 Å². The van der Waals surface area contributed by atoms with Crippen LogP contribution in [0.2, 0.25) is 0 Å². The second-order valence-corrected chi connectivity index (χ2v) is 27.0. The van der Waals surface area contributed by atoms with Crippen LogP contribution in [0.3, 0.4) is 0 Å². The van der Waals surface area contributed by atoms with Gasteiger partial charge in [-0.3, -0.25) is 0 Å². The Hall–Kier alpha value is -0.479. The van der Waals surface area contributed by atoms with Crippen LogP contribution in [0.1, 0.15) is 317 Å². The van der Waals surface area contributed by atoms with Gasteiger partial charge in [0.2, 0.25) is 0 Å². The molecule has 0 aliphatic carbocycles. The van der Waals surface area contributed by atoms with Gasteiger partial charge in [0.05, 0.1) is 0 Å². The minimum absolute atomic E-state index is 0. The topological polar surface area (TPSA) is 241 Å². The molecule has 74 heavy (non-hydrogen) atoms. The Morgan fingerprint density at radius 3 is 0.365 bits per heavy atom. The molecule has 0 aromatic heterocycles. The zero-order chi connectivity index (χ0) is 57.7. The van der Waals surface area contributed by atoms with Crippen molar-refractivity contribution in [2.75, 3.05) is 0 Å². The predicted octanol–water partition coefficient (Wildman–Crippen LogP) is 10.4. The minimum Gasteiger partial charge on any atom is -0.550 e. The number of carbonyl (C=O) groups is 6. The molecule has 0 aliphatic rings. The van der Waals surface area contributed by atoms with Crippen molar-refractivity contribution >= 4 is 35.8 Å². The van der Waals surface area contributed by atoms with Crippen molar-refractivity contribution in [1.82, 2.24) is 0 Å². The molecule has 0 amide bonds. The van der Waals surface area contributed by atoms with Crippen LogP contribution in [0.4, 0.5) is 0 Å². The number of unbranched alkanes of at least 4 members (excludes halogenated alkanes) is 12. The van der Waals surface area contributed by atoms with Crippen molar-refractivity contribution < 1.29 is 141 Å². The maximum absolute atomic E-state index is 10.0. The minimum atomic E-state index is -0.925. The molecule has 0 saturated carbocycles. The number of hydrogen-bond acceptors (Lipinski definition) is 12. The van der Waals surface area contributed by atoms with Gasteiger partial charge in [-0.2, -0.15) is 0 Å². The Bertz CT molecular complexity index is 1080. The van der Waals surface area contributed by atoms with Crippen LogP contribution in [-0.2, 0) is 28.8 Å². The maximum Gasteiger partial charge on any atom is 3.00 e. The Labute approximate surface area is 521 Å². The smallest absolute Gasteiger partial charge is 0.550 e. The van der Waals surface area contributed by atoms with E-state index >= 15 is 0 Å². The Kier molecular flexibility index (Phi) is 64.7. The molecular formula is C60H114Nd2O12. The molecule has 0 fully saturated rings. The Morgan fingerprint density at radius 1 is 0.203 bits per heavy atom. The van der Waals surface area contributed by atoms with Gasteiger partial charge in [-0.15, -0.1) is 0 Å². The van der Waals surface area contributed by atoms with E-state index in [-0.39, 0.29) is 120 Å². The first kappa shape index (κ1) is 90.1. The van der Waals surface area contributed by atoms with E-state index in [9.17, 15) is 59.4 Å². The van der Waals surface area contributed by atoms with E-state index in [1.807, 2.05) is 0 Å². The average Bonchev–Trinajstić information content (AvgIpc) is 3.15. The fourth-order valence-electron chi connectivity index (χ4n) is 6.61. The van der Waals surface area contributed by atoms with Crippen LogP contribution >= 0.6 is 0 Å². The Morgan fingerprint density at radius 2 is 0.297 bits per heavy atom. The van der Waals surface area contributed by atoms with E-state index in [0.29, 0.717) is 32.5 Å². The molecule has 14 heteroatoms. The predicted molar refractivity (Wildman–Crippen MR) is 285 cm³/mol. The molecular weight excluding hydrogens is 1200 g/mol. The maximum atomic E-state index is 10.0. The number of rotatable bonds is 30. The molecule has 0 rings (SSSR count). The first-order valence-corrected chi connectivity index (χ1v) is 27.7. The summed E-state index contributed by atoms with van der Waals surface area (Å²) in [6, 6.07) is 0. The summed E-state index contributed by atoms with van der Waals surface area (Å²) in [6.45, 7) is 39.6. The molecule has 0 spiro atoms. The quantitative estimate of drug-likeness (QED) is 0.0610. The summed E-state index contributed by atoms with van der Waals surface area (Å²) in [4.78, 5) is 60.3. The van der Waals surface area contributed by atoms with E-state index in [2.05, 4.69) is 125 Å². The normalized spacial score (nSPS) is 11.3. The number of carboxylic acids is 6. The summed E-state index contributed by atoms with van der Waals surface area (Å²) in [5.41, 5.74) is 2.26. The van der Waals surface area contributed by atoms with Crippen LogP contribution in [0.5, 0.6) is 0 Å². The zero-order valence-corrected chi connectivity index (χ0v) is 57.5. The van der Waals surface area contributed by atoms with E-state index in [1.165, 1.54) is 38.5 Å². The second kappa shape index (κ2) is 53.2. The van der Waals surface area contributed by atoms with E-state index in [0.717, 1.165) is 116 Å². The van der Waals surface area contributed by atoms with Crippen molar-refractivity contribution in [2.24, 2.45) is 32.5 Å². The molecule has 0 unspecified atom stereocenters. The molecule has 0 aromatic carbocycles. The van der Waals surface area contributed by atoms with Crippen molar-refractivity contribution in [1.29, 1.82) is 0 Å². The van der Waals surface area contributed by atoms with Crippen LogP contribution in [0.25, 0.3) is 0 Å². The van der Waals surface area contributed by atoms with Crippen molar-refractivity contribution in [3.05, 3.63) is 0 Å². The standard InChI is InChI=1S/6C10H20O2.2Nd/c6*1-10(2,3)8-6-4-5-7-9(11)12;;/h6*4-8H2,1-3H3,(H,11,12);;/q;;;;;;2*+3/p-6. The third-order valence-electron chi connectivity index (χ3n) is 10.8. The van der Waals surface area contributed by atoms with Gasteiger partial charge < -0.3 is 59.4 Å². The number of carboxylic acid groups (broad SMARTS) is 6. The van der Waals surface area contributed by atoms with Crippen molar-refractivity contribution in [3.63, 3.8) is 0 Å². The summed E-state index contributed by atoms with van der Waals surface area (Å²) in [7, 11) is 0. The van der Waals surface area contributed by atoms with Gasteiger partial charge in [-0.25, -0.2) is 0 Å². The third-order valence-corrected chi connectivity index (χ3v) is 10.8. The molecule has 0 aromatic rings. The van der Waals surface area contributed by atoms with Crippen LogP contribution in [-0.4, -0.2) is 35.8 Å². The molecule has 0 bridgehead atoms. The molecule has 0 N–H and O–H groups in total. The van der Waals surface area contributed by atoms with Crippen LogP contribution in [0, 0.1) is 114 Å². The van der Waals surface area contributed by atoms with Gasteiger partial charge in [-0.1, -0.05) is 202 Å². The summed E-state index contributed by atoms with van der Waals surface area (Å²) >= 11 is 0. The number of carbonyl (C=O) groups excluding carboxylic acids is 6. The molecule has 12 nitrogen and oxygen atoms in total. The van der Waals surface area contributed by atoms with E-state index in [1.54, 1.807) is 0 Å². The molecule has 0 saturated heterocycles. The van der Waals surface area contributed by atoms with E-state index < -0.39 is 35.8 Å². The van der Waals surface area contributed by atoms with Gasteiger partial charge in [0, 0.05) is 35.8 Å². The van der Waals surface area contributed by atoms with Gasteiger partial charge >= 0.3 is 81.7 Å². The zero-order valence-electron chi connectivity index (χ0n) is 51.1. The molecule has 0 aliphatic heterocycles. The summed E-state index contributed by atoms with van der Waals surface area (Å²) in [5.74, 6) is -5.55. The largest absolute Gasteiger partial charge is 3.00 e. The van der Waals surface area contributed by atoms with Gasteiger partial charge in [0.1, 0.15) is 0 Å². The van der Waals surface area contributed by atoms with Crippen molar-refractivity contribution in [3.8, 4) is 0 Å². The van der Waals surface area contributed by atoms with E-state index in [4.69, 9.17) is 0 Å². The summed E-state index contributed by atoms with van der Waals surface area (Å²) in [5, 5.41) is 60.3. The second-order valence-electron chi connectivity index (χ2n) is 27.0. The average molecular weight is 1320 g/mol. The first-order chi connectivity index (χ1) is 32.5. The summed E-state index contributed by atoms with van der Waals surface area (Å²) in [6.07, 6.45) is 25.6. The molecule has 2 radical (unpaired) electrons. The first-order valence-electron chi connectivity index (χ1n) is 27.7. The fraction of sp³-hybridized carbons (Fsp3) is 0.900. The monoisotopic (exact) mass is 1310 g/mol. The van der Waals surface area contributed by atoms with Crippen molar-refractivity contribution in [2.45, 2.75) is 317 Å². The number of hydrogen-bond donors (Lipinski definition) is 0. The molecule has 0 heterocycles.